The minimum absolute atomic E-state index is 0.641. The van der Waals surface area contributed by atoms with E-state index in [-0.39, 0.29) is 0 Å². The minimum atomic E-state index is -0.641. The Morgan fingerprint density at radius 1 is 0.328 bits per heavy atom. The molecule has 288 valence electrons. The summed E-state index contributed by atoms with van der Waals surface area (Å²) in [7, 11) is 0. The van der Waals surface area contributed by atoms with Gasteiger partial charge in [-0.05, 0) is 124 Å². The van der Waals surface area contributed by atoms with Crippen molar-refractivity contribution in [2.75, 3.05) is 9.80 Å². The predicted octanol–water partition coefficient (Wildman–Crippen LogP) is 15.2. The molecule has 1 aromatic heterocycles. The summed E-state index contributed by atoms with van der Waals surface area (Å²) in [4.78, 5) is 9.67. The van der Waals surface area contributed by atoms with Crippen molar-refractivity contribution in [1.29, 1.82) is 0 Å². The first-order valence-corrected chi connectivity index (χ1v) is 20.9. The van der Waals surface area contributed by atoms with Crippen LogP contribution in [0.5, 0.6) is 0 Å². The fraction of sp³-hybridized carbons (Fsp3) is 0.0172. The Balaban J connectivity index is 1.14. The van der Waals surface area contributed by atoms with Gasteiger partial charge < -0.3 is 9.80 Å². The summed E-state index contributed by atoms with van der Waals surface area (Å²) in [5.74, 6) is 0. The highest BCUT2D eigenvalue weighted by molar-refractivity contribution is 5.96. The van der Waals surface area contributed by atoms with Gasteiger partial charge in [0.05, 0.1) is 11.1 Å². The van der Waals surface area contributed by atoms with Crippen molar-refractivity contribution in [1.82, 2.24) is 4.98 Å². The van der Waals surface area contributed by atoms with Crippen LogP contribution >= 0.6 is 0 Å². The van der Waals surface area contributed by atoms with Crippen LogP contribution in [0.3, 0.4) is 0 Å². The van der Waals surface area contributed by atoms with Crippen LogP contribution in [0.1, 0.15) is 22.3 Å². The van der Waals surface area contributed by atoms with E-state index < -0.39 is 5.41 Å². The molecule has 0 spiro atoms. The summed E-state index contributed by atoms with van der Waals surface area (Å²) in [5.41, 5.74) is 15.4. The molecule has 0 fully saturated rings. The van der Waals surface area contributed by atoms with E-state index in [0.29, 0.717) is 0 Å². The van der Waals surface area contributed by atoms with Gasteiger partial charge in [0.2, 0.25) is 0 Å². The average molecular weight is 780 g/mol. The maximum atomic E-state index is 5.01. The molecule has 0 saturated carbocycles. The fourth-order valence-electron chi connectivity index (χ4n) is 9.49. The van der Waals surface area contributed by atoms with Gasteiger partial charge >= 0.3 is 0 Å². The Bertz CT molecular complexity index is 2900. The Morgan fingerprint density at radius 3 is 1.28 bits per heavy atom. The molecule has 9 aromatic carbocycles. The van der Waals surface area contributed by atoms with Crippen LogP contribution in [0.15, 0.2) is 249 Å². The summed E-state index contributed by atoms with van der Waals surface area (Å²) >= 11 is 0. The molecule has 0 radical (unpaired) electrons. The molecule has 1 heterocycles. The number of para-hydroxylation sites is 4. The number of pyridine rings is 1. The van der Waals surface area contributed by atoms with Crippen molar-refractivity contribution < 1.29 is 0 Å². The highest BCUT2D eigenvalue weighted by Crippen LogP contribution is 2.57. The summed E-state index contributed by atoms with van der Waals surface area (Å²) in [5, 5.41) is 2.32. The molecule has 3 nitrogen and oxygen atoms in total. The standard InChI is InChI=1S/C58H41N3/c1-5-18-46(19-6-1)60(47-20-7-2-8-21-47)50-34-30-44(31-35-50)58(45-32-36-51(37-33-45)61(48-22-9-3-10-23-48)49-24-11-4-12-25-49)55-28-16-15-27-53(55)54-38-29-43(41-56(54)58)57-52-26-14-13-17-42(52)39-40-59-57/h1-41H. The lowest BCUT2D eigenvalue weighted by atomic mass is 9.67. The summed E-state index contributed by atoms with van der Waals surface area (Å²) in [6, 6.07) is 87.6. The molecule has 11 rings (SSSR count). The van der Waals surface area contributed by atoms with Gasteiger partial charge in [-0.1, -0.05) is 158 Å². The quantitative estimate of drug-likeness (QED) is 0.145. The molecule has 1 aliphatic rings. The molecule has 0 amide bonds. The smallest absolute Gasteiger partial charge is 0.0780 e. The van der Waals surface area contributed by atoms with Crippen LogP contribution in [0, 0.1) is 0 Å². The molecule has 0 bridgehead atoms. The zero-order valence-corrected chi connectivity index (χ0v) is 33.5. The second kappa shape index (κ2) is 15.3. The lowest BCUT2D eigenvalue weighted by molar-refractivity contribution is 0.768. The van der Waals surface area contributed by atoms with Gasteiger partial charge in [0.25, 0.3) is 0 Å². The Morgan fingerprint density at radius 2 is 0.754 bits per heavy atom. The SMILES string of the molecule is c1ccc(N(c2ccccc2)c2ccc(C3(c4ccc(N(c5ccccc5)c5ccccc5)cc4)c4ccccc4-c4ccc(-c5nccc6ccccc56)cc43)cc2)cc1. The van der Waals surface area contributed by atoms with Crippen molar-refractivity contribution in [3.8, 4) is 22.4 Å². The molecule has 10 aromatic rings. The number of benzene rings is 9. The number of hydrogen-bond acceptors (Lipinski definition) is 3. The van der Waals surface area contributed by atoms with E-state index in [1.807, 2.05) is 6.20 Å². The van der Waals surface area contributed by atoms with Crippen LogP contribution < -0.4 is 9.80 Å². The molecule has 0 unspecified atom stereocenters. The first-order valence-electron chi connectivity index (χ1n) is 20.9. The average Bonchev–Trinajstić information content (AvgIpc) is 3.64. The van der Waals surface area contributed by atoms with Crippen molar-refractivity contribution >= 4 is 44.9 Å². The van der Waals surface area contributed by atoms with Gasteiger partial charge in [-0.25, -0.2) is 0 Å². The van der Waals surface area contributed by atoms with Crippen molar-refractivity contribution in [2.24, 2.45) is 0 Å². The lowest BCUT2D eigenvalue weighted by Crippen LogP contribution is -2.29. The predicted molar refractivity (Wildman–Crippen MR) is 254 cm³/mol. The van der Waals surface area contributed by atoms with Crippen LogP contribution in [0.4, 0.5) is 34.1 Å². The van der Waals surface area contributed by atoms with Gasteiger partial charge in [0.1, 0.15) is 0 Å². The Labute approximate surface area is 357 Å². The molecule has 0 N–H and O–H groups in total. The van der Waals surface area contributed by atoms with E-state index in [1.165, 1.54) is 38.8 Å². The highest BCUT2D eigenvalue weighted by Gasteiger charge is 2.46. The van der Waals surface area contributed by atoms with Gasteiger partial charge in [-0.15, -0.1) is 0 Å². The van der Waals surface area contributed by atoms with E-state index >= 15 is 0 Å². The maximum absolute atomic E-state index is 5.01. The lowest BCUT2D eigenvalue weighted by Gasteiger charge is -2.35. The first-order chi connectivity index (χ1) is 30.3. The summed E-state index contributed by atoms with van der Waals surface area (Å²) in [6.07, 6.45) is 1.93. The third-order valence-corrected chi connectivity index (χ3v) is 12.2. The topological polar surface area (TPSA) is 19.4 Å². The highest BCUT2D eigenvalue weighted by atomic mass is 15.1. The third kappa shape index (κ3) is 6.18. The molecule has 1 aliphatic carbocycles. The molecule has 61 heavy (non-hydrogen) atoms. The molecule has 0 aliphatic heterocycles. The number of aromatic nitrogens is 1. The number of fused-ring (bicyclic) bond motifs is 4. The second-order valence-electron chi connectivity index (χ2n) is 15.5. The third-order valence-electron chi connectivity index (χ3n) is 12.2. The zero-order chi connectivity index (χ0) is 40.6. The summed E-state index contributed by atoms with van der Waals surface area (Å²) in [6.45, 7) is 0. The number of anilines is 6. The van der Waals surface area contributed by atoms with Crippen LogP contribution in [0.2, 0.25) is 0 Å². The molecule has 3 heteroatoms. The monoisotopic (exact) mass is 779 g/mol. The van der Waals surface area contributed by atoms with Gasteiger partial charge in [-0.2, -0.15) is 0 Å². The fourth-order valence-corrected chi connectivity index (χ4v) is 9.49. The van der Waals surface area contributed by atoms with E-state index in [4.69, 9.17) is 4.98 Å². The van der Waals surface area contributed by atoms with Crippen molar-refractivity contribution in [3.63, 3.8) is 0 Å². The van der Waals surface area contributed by atoms with Gasteiger partial charge in [0.15, 0.2) is 0 Å². The van der Waals surface area contributed by atoms with E-state index in [9.17, 15) is 0 Å². The van der Waals surface area contributed by atoms with Crippen LogP contribution in [0.25, 0.3) is 33.2 Å². The number of hydrogen-bond donors (Lipinski definition) is 0. The second-order valence-corrected chi connectivity index (χ2v) is 15.5. The largest absolute Gasteiger partial charge is 0.311 e. The van der Waals surface area contributed by atoms with E-state index in [1.54, 1.807) is 0 Å². The molecular formula is C58H41N3. The number of nitrogens with zero attached hydrogens (tertiary/aromatic N) is 3. The van der Waals surface area contributed by atoms with Crippen LogP contribution in [-0.4, -0.2) is 4.98 Å². The Kier molecular flexibility index (Phi) is 9.05. The number of rotatable bonds is 9. The van der Waals surface area contributed by atoms with Crippen molar-refractivity contribution in [2.45, 2.75) is 5.41 Å². The van der Waals surface area contributed by atoms with Crippen molar-refractivity contribution in [3.05, 3.63) is 271 Å². The maximum Gasteiger partial charge on any atom is 0.0780 e. The van der Waals surface area contributed by atoms with E-state index in [2.05, 4.69) is 252 Å². The van der Waals surface area contributed by atoms with E-state index in [0.717, 1.165) is 50.8 Å². The summed E-state index contributed by atoms with van der Waals surface area (Å²) < 4.78 is 0. The molecule has 0 atom stereocenters. The molecule has 0 saturated heterocycles. The van der Waals surface area contributed by atoms with Gasteiger partial charge in [-0.3, -0.25) is 4.98 Å². The first kappa shape index (κ1) is 36.1. The molecular weight excluding hydrogens is 739 g/mol. The van der Waals surface area contributed by atoms with Crippen LogP contribution in [-0.2, 0) is 5.41 Å². The minimum Gasteiger partial charge on any atom is -0.311 e. The van der Waals surface area contributed by atoms with Gasteiger partial charge in [0, 0.05) is 51.3 Å². The zero-order valence-electron chi connectivity index (χ0n) is 33.5. The normalized spacial score (nSPS) is 12.4. The Hall–Kier alpha value is -8.01.